The first-order valence-corrected chi connectivity index (χ1v) is 8.39. The second kappa shape index (κ2) is 7.59. The molecule has 0 spiro atoms. The van der Waals surface area contributed by atoms with Gasteiger partial charge in [0.05, 0.1) is 16.5 Å². The van der Waals surface area contributed by atoms with Crippen molar-refractivity contribution < 1.29 is 17.9 Å². The minimum Gasteiger partial charge on any atom is -0.484 e. The van der Waals surface area contributed by atoms with Crippen LogP contribution in [0.3, 0.4) is 0 Å². The van der Waals surface area contributed by atoms with E-state index in [-0.39, 0.29) is 11.5 Å². The summed E-state index contributed by atoms with van der Waals surface area (Å²) in [5, 5.41) is 8.68. The van der Waals surface area contributed by atoms with Crippen molar-refractivity contribution >= 4 is 15.9 Å². The number of carbonyl (C=O) groups is 1. The summed E-state index contributed by atoms with van der Waals surface area (Å²) >= 11 is 0. The van der Waals surface area contributed by atoms with Gasteiger partial charge in [0.15, 0.2) is 6.61 Å². The van der Waals surface area contributed by atoms with Crippen LogP contribution in [-0.2, 0) is 14.8 Å². The highest BCUT2D eigenvalue weighted by atomic mass is 32.2. The topological polar surface area (TPSA) is 108 Å². The molecule has 0 radical (unpaired) electrons. The minimum absolute atomic E-state index is 0.0430. The molecular weight excluding hydrogens is 330 g/mol. The lowest BCUT2D eigenvalue weighted by Gasteiger charge is -2.09. The van der Waals surface area contributed by atoms with Gasteiger partial charge in [0.1, 0.15) is 5.75 Å². The summed E-state index contributed by atoms with van der Waals surface area (Å²) in [6.07, 6.45) is 0. The Bertz CT molecular complexity index is 854. The zero-order valence-electron chi connectivity index (χ0n) is 12.8. The van der Waals surface area contributed by atoms with Gasteiger partial charge < -0.3 is 4.74 Å². The van der Waals surface area contributed by atoms with Crippen molar-refractivity contribution in [2.75, 3.05) is 6.61 Å². The number of hydrazine groups is 1. The molecule has 0 saturated carbocycles. The van der Waals surface area contributed by atoms with Crippen molar-refractivity contribution in [3.63, 3.8) is 0 Å². The molecule has 0 unspecified atom stereocenters. The molecule has 2 rings (SSSR count). The molecule has 124 valence electrons. The molecule has 7 nitrogen and oxygen atoms in total. The van der Waals surface area contributed by atoms with Crippen LogP contribution in [0, 0.1) is 18.3 Å². The highest BCUT2D eigenvalue weighted by Gasteiger charge is 2.14. The van der Waals surface area contributed by atoms with Gasteiger partial charge in [0, 0.05) is 0 Å². The molecule has 0 aromatic heterocycles. The van der Waals surface area contributed by atoms with Gasteiger partial charge in [0.2, 0.25) is 0 Å². The molecular formula is C16H15N3O4S. The highest BCUT2D eigenvalue weighted by Crippen LogP contribution is 2.11. The molecule has 0 aliphatic carbocycles. The number of nitrogens with one attached hydrogen (secondary N) is 2. The molecule has 0 saturated heterocycles. The van der Waals surface area contributed by atoms with Crippen LogP contribution in [0.2, 0.25) is 0 Å². The number of carbonyl (C=O) groups excluding carboxylic acids is 1. The van der Waals surface area contributed by atoms with Gasteiger partial charge in [-0.25, -0.2) is 8.42 Å². The van der Waals surface area contributed by atoms with Crippen LogP contribution in [0.25, 0.3) is 0 Å². The number of amides is 1. The van der Waals surface area contributed by atoms with E-state index in [0.29, 0.717) is 11.3 Å². The van der Waals surface area contributed by atoms with Crippen LogP contribution in [0.4, 0.5) is 0 Å². The quantitative estimate of drug-likeness (QED) is 0.766. The largest absolute Gasteiger partial charge is 0.484 e. The van der Waals surface area contributed by atoms with Crippen LogP contribution < -0.4 is 15.0 Å². The monoisotopic (exact) mass is 345 g/mol. The third kappa shape index (κ3) is 4.81. The Morgan fingerprint density at radius 3 is 2.33 bits per heavy atom. The van der Waals surface area contributed by atoms with Gasteiger partial charge in [-0.3, -0.25) is 10.2 Å². The van der Waals surface area contributed by atoms with Crippen LogP contribution in [0.1, 0.15) is 11.1 Å². The fourth-order valence-corrected chi connectivity index (χ4v) is 2.57. The first-order chi connectivity index (χ1) is 11.4. The third-order valence-electron chi connectivity index (χ3n) is 3.01. The number of aryl methyl sites for hydroxylation is 1. The van der Waals surface area contributed by atoms with Crippen molar-refractivity contribution in [3.8, 4) is 11.8 Å². The maximum atomic E-state index is 12.0. The van der Waals surface area contributed by atoms with E-state index in [0.717, 1.165) is 5.56 Å². The molecule has 0 atom stereocenters. The summed E-state index contributed by atoms with van der Waals surface area (Å²) < 4.78 is 29.2. The molecule has 24 heavy (non-hydrogen) atoms. The van der Waals surface area contributed by atoms with Crippen LogP contribution in [0.15, 0.2) is 53.4 Å². The fourth-order valence-electron chi connectivity index (χ4n) is 1.71. The van der Waals surface area contributed by atoms with E-state index in [1.165, 1.54) is 12.1 Å². The number of nitrogens with zero attached hydrogens (tertiary/aromatic N) is 1. The number of rotatable bonds is 6. The lowest BCUT2D eigenvalue weighted by Crippen LogP contribution is -2.43. The van der Waals surface area contributed by atoms with Crippen molar-refractivity contribution in [1.82, 2.24) is 10.3 Å². The van der Waals surface area contributed by atoms with E-state index in [1.807, 2.05) is 17.8 Å². The van der Waals surface area contributed by atoms with E-state index < -0.39 is 15.9 Å². The fraction of sp³-hybridized carbons (Fsp3) is 0.125. The average Bonchev–Trinajstić information content (AvgIpc) is 2.59. The Morgan fingerprint density at radius 1 is 1.12 bits per heavy atom. The van der Waals surface area contributed by atoms with Crippen LogP contribution >= 0.6 is 0 Å². The van der Waals surface area contributed by atoms with E-state index in [2.05, 4.69) is 5.43 Å². The Morgan fingerprint density at radius 2 is 1.75 bits per heavy atom. The summed E-state index contributed by atoms with van der Waals surface area (Å²) in [5.41, 5.74) is 3.47. The van der Waals surface area contributed by atoms with E-state index >= 15 is 0 Å². The van der Waals surface area contributed by atoms with Crippen LogP contribution in [0.5, 0.6) is 5.75 Å². The van der Waals surface area contributed by atoms with E-state index in [9.17, 15) is 13.2 Å². The molecule has 1 amide bonds. The molecule has 0 heterocycles. The van der Waals surface area contributed by atoms with E-state index in [1.54, 1.807) is 36.4 Å². The molecule has 8 heteroatoms. The Labute approximate surface area is 139 Å². The normalized spacial score (nSPS) is 10.7. The lowest BCUT2D eigenvalue weighted by atomic mass is 10.2. The summed E-state index contributed by atoms with van der Waals surface area (Å²) in [7, 11) is -3.84. The molecule has 0 bridgehead atoms. The number of sulfonamides is 1. The minimum atomic E-state index is -3.84. The predicted octanol–water partition coefficient (Wildman–Crippen LogP) is 1.26. The Kier molecular flexibility index (Phi) is 5.52. The maximum Gasteiger partial charge on any atom is 0.272 e. The molecule has 2 N–H and O–H groups in total. The van der Waals surface area contributed by atoms with Gasteiger partial charge in [-0.2, -0.15) is 5.26 Å². The Balaban J connectivity index is 1.86. The summed E-state index contributed by atoms with van der Waals surface area (Å²) in [6.45, 7) is 1.47. The van der Waals surface area contributed by atoms with Crippen molar-refractivity contribution in [3.05, 3.63) is 59.7 Å². The Hall–Kier alpha value is -2.89. The highest BCUT2D eigenvalue weighted by molar-refractivity contribution is 7.89. The smallest absolute Gasteiger partial charge is 0.272 e. The second-order valence-electron chi connectivity index (χ2n) is 4.89. The molecule has 0 fully saturated rings. The molecule has 2 aromatic rings. The zero-order valence-corrected chi connectivity index (χ0v) is 13.6. The predicted molar refractivity (Wildman–Crippen MR) is 86.3 cm³/mol. The number of hydrogen-bond acceptors (Lipinski definition) is 5. The van der Waals surface area contributed by atoms with Crippen molar-refractivity contribution in [1.29, 1.82) is 5.26 Å². The number of ether oxygens (including phenoxy) is 1. The van der Waals surface area contributed by atoms with Gasteiger partial charge in [0.25, 0.3) is 15.9 Å². The first-order valence-electron chi connectivity index (χ1n) is 6.91. The van der Waals surface area contributed by atoms with Crippen LogP contribution in [-0.4, -0.2) is 20.9 Å². The van der Waals surface area contributed by atoms with Crippen molar-refractivity contribution in [2.24, 2.45) is 0 Å². The van der Waals surface area contributed by atoms with Gasteiger partial charge in [-0.15, -0.1) is 4.83 Å². The molecule has 0 aliphatic heterocycles. The first kappa shape index (κ1) is 17.5. The SMILES string of the molecule is Cc1ccc(S(=O)(=O)NNC(=O)COc2ccc(C#N)cc2)cc1. The third-order valence-corrected chi connectivity index (χ3v) is 4.27. The van der Waals surface area contributed by atoms with Gasteiger partial charge >= 0.3 is 0 Å². The van der Waals surface area contributed by atoms with Gasteiger partial charge in [-0.05, 0) is 43.3 Å². The summed E-state index contributed by atoms with van der Waals surface area (Å²) in [6, 6.07) is 14.3. The number of nitriles is 1. The van der Waals surface area contributed by atoms with Gasteiger partial charge in [-0.1, -0.05) is 17.7 Å². The summed E-state index contributed by atoms with van der Waals surface area (Å²) in [4.78, 5) is 13.7. The van der Waals surface area contributed by atoms with Crippen molar-refractivity contribution in [2.45, 2.75) is 11.8 Å². The molecule has 2 aromatic carbocycles. The number of benzene rings is 2. The molecule has 0 aliphatic rings. The lowest BCUT2D eigenvalue weighted by molar-refractivity contribution is -0.123. The summed E-state index contributed by atoms with van der Waals surface area (Å²) in [5.74, 6) is -0.263. The standard InChI is InChI=1S/C16H15N3O4S/c1-12-2-8-15(9-3-12)24(21,22)19-18-16(20)11-23-14-6-4-13(10-17)5-7-14/h2-9,19H,11H2,1H3,(H,18,20). The zero-order chi connectivity index (χ0) is 17.6. The number of hydrogen-bond donors (Lipinski definition) is 2. The maximum absolute atomic E-state index is 12.0. The van der Waals surface area contributed by atoms with E-state index in [4.69, 9.17) is 10.00 Å². The second-order valence-corrected chi connectivity index (χ2v) is 6.57. The average molecular weight is 345 g/mol.